The van der Waals surface area contributed by atoms with Gasteiger partial charge in [-0.2, -0.15) is 0 Å². The lowest BCUT2D eigenvalue weighted by atomic mass is 9.95. The average molecular weight is 362 g/mol. The van der Waals surface area contributed by atoms with Gasteiger partial charge in [0.15, 0.2) is 11.6 Å². The Morgan fingerprint density at radius 2 is 1.69 bits per heavy atom. The van der Waals surface area contributed by atoms with Gasteiger partial charge in [0, 0.05) is 12.6 Å². The van der Waals surface area contributed by atoms with Crippen molar-refractivity contribution in [2.75, 3.05) is 5.32 Å². The second kappa shape index (κ2) is 8.25. The van der Waals surface area contributed by atoms with Crippen LogP contribution in [0.15, 0.2) is 36.4 Å². The van der Waals surface area contributed by atoms with Crippen molar-refractivity contribution in [3.8, 4) is 0 Å². The summed E-state index contributed by atoms with van der Waals surface area (Å²) in [5.74, 6) is -4.49. The van der Waals surface area contributed by atoms with Crippen molar-refractivity contribution >= 4 is 11.6 Å². The number of anilines is 1. The van der Waals surface area contributed by atoms with Crippen LogP contribution >= 0.6 is 0 Å². The molecule has 1 amide bonds. The number of halogens is 3. The van der Waals surface area contributed by atoms with Gasteiger partial charge in [0.05, 0.1) is 5.56 Å². The molecular formula is C20H21F3N2O. The lowest BCUT2D eigenvalue weighted by Gasteiger charge is -2.23. The Labute approximate surface area is 150 Å². The Bertz CT molecular complexity index is 774. The van der Waals surface area contributed by atoms with E-state index in [2.05, 4.69) is 10.6 Å². The number of hydrogen-bond acceptors (Lipinski definition) is 2. The molecule has 1 aliphatic rings. The fourth-order valence-electron chi connectivity index (χ4n) is 3.22. The van der Waals surface area contributed by atoms with E-state index in [1.165, 1.54) is 0 Å². The summed E-state index contributed by atoms with van der Waals surface area (Å²) in [7, 11) is 0. The average Bonchev–Trinajstić information content (AvgIpc) is 2.66. The predicted octanol–water partition coefficient (Wildman–Crippen LogP) is 4.78. The van der Waals surface area contributed by atoms with Gasteiger partial charge in [0.25, 0.3) is 5.91 Å². The van der Waals surface area contributed by atoms with Crippen LogP contribution in [0.4, 0.5) is 18.9 Å². The number of amides is 1. The molecule has 138 valence electrons. The number of hydrogen-bond donors (Lipinski definition) is 2. The highest BCUT2D eigenvalue weighted by Gasteiger charge is 2.25. The minimum absolute atomic E-state index is 0.0716. The fourth-order valence-corrected chi connectivity index (χ4v) is 3.22. The highest BCUT2D eigenvalue weighted by Crippen LogP contribution is 2.26. The van der Waals surface area contributed by atoms with Gasteiger partial charge in [-0.3, -0.25) is 4.79 Å². The maximum Gasteiger partial charge on any atom is 0.254 e. The Morgan fingerprint density at radius 1 is 1.00 bits per heavy atom. The van der Waals surface area contributed by atoms with Crippen molar-refractivity contribution in [2.45, 2.75) is 44.7 Å². The van der Waals surface area contributed by atoms with E-state index in [4.69, 9.17) is 0 Å². The van der Waals surface area contributed by atoms with Crippen LogP contribution in [0.1, 0.15) is 48.0 Å². The first-order valence-electron chi connectivity index (χ1n) is 8.82. The topological polar surface area (TPSA) is 41.1 Å². The quantitative estimate of drug-likeness (QED) is 0.752. The Balaban J connectivity index is 1.75. The molecule has 0 radical (unpaired) electrons. The Hall–Kier alpha value is -2.50. The molecule has 0 bridgehead atoms. The molecule has 0 aliphatic heterocycles. The SMILES string of the molecule is O=C(NC1CCCCC1)c1cc(F)c(NCc2ccccc2)c(F)c1F. The zero-order valence-corrected chi connectivity index (χ0v) is 14.3. The van der Waals surface area contributed by atoms with Gasteiger partial charge in [-0.15, -0.1) is 0 Å². The van der Waals surface area contributed by atoms with Gasteiger partial charge < -0.3 is 10.6 Å². The number of carbonyl (C=O) groups excluding carboxylic acids is 1. The van der Waals surface area contributed by atoms with Crippen molar-refractivity contribution < 1.29 is 18.0 Å². The third-order valence-electron chi connectivity index (χ3n) is 4.66. The summed E-state index contributed by atoms with van der Waals surface area (Å²) in [5, 5.41) is 5.24. The molecule has 3 nitrogen and oxygen atoms in total. The van der Waals surface area contributed by atoms with Gasteiger partial charge in [-0.05, 0) is 24.5 Å². The van der Waals surface area contributed by atoms with Crippen molar-refractivity contribution in [3.05, 3.63) is 65.0 Å². The van der Waals surface area contributed by atoms with Crippen LogP contribution in [0.5, 0.6) is 0 Å². The van der Waals surface area contributed by atoms with Crippen molar-refractivity contribution in [1.29, 1.82) is 0 Å². The molecule has 2 aromatic carbocycles. The minimum atomic E-state index is -1.38. The van der Waals surface area contributed by atoms with Gasteiger partial charge >= 0.3 is 0 Å². The van der Waals surface area contributed by atoms with E-state index in [1.807, 2.05) is 6.07 Å². The molecule has 26 heavy (non-hydrogen) atoms. The molecule has 0 saturated heterocycles. The predicted molar refractivity (Wildman–Crippen MR) is 94.4 cm³/mol. The summed E-state index contributed by atoms with van der Waals surface area (Å²) in [6, 6.07) is 9.66. The molecule has 1 aliphatic carbocycles. The second-order valence-electron chi connectivity index (χ2n) is 6.56. The van der Waals surface area contributed by atoms with Crippen molar-refractivity contribution in [2.24, 2.45) is 0 Å². The standard InChI is InChI=1S/C20H21F3N2O/c21-16-11-15(20(26)25-14-9-5-2-6-10-14)17(22)18(23)19(16)24-12-13-7-3-1-4-8-13/h1,3-4,7-8,11,14,24H,2,5-6,9-10,12H2,(H,25,26). The summed E-state index contributed by atoms with van der Waals surface area (Å²) in [6.45, 7) is 0.141. The lowest BCUT2D eigenvalue weighted by molar-refractivity contribution is 0.0922. The van der Waals surface area contributed by atoms with Crippen LogP contribution in [0.3, 0.4) is 0 Å². The van der Waals surface area contributed by atoms with Crippen LogP contribution in [-0.2, 0) is 6.54 Å². The minimum Gasteiger partial charge on any atom is -0.376 e. The molecule has 1 saturated carbocycles. The van der Waals surface area contributed by atoms with Gasteiger partial charge in [0.1, 0.15) is 11.5 Å². The van der Waals surface area contributed by atoms with Crippen LogP contribution in [-0.4, -0.2) is 11.9 Å². The largest absolute Gasteiger partial charge is 0.376 e. The maximum absolute atomic E-state index is 14.3. The van der Waals surface area contributed by atoms with Gasteiger partial charge in [0.2, 0.25) is 0 Å². The molecule has 0 atom stereocenters. The highest BCUT2D eigenvalue weighted by molar-refractivity contribution is 5.95. The number of nitrogens with one attached hydrogen (secondary N) is 2. The summed E-state index contributed by atoms with van der Waals surface area (Å²) >= 11 is 0. The van der Waals surface area contributed by atoms with E-state index < -0.39 is 34.6 Å². The molecule has 2 N–H and O–H groups in total. The first kappa shape index (κ1) is 18.3. The van der Waals surface area contributed by atoms with E-state index in [0.29, 0.717) is 0 Å². The zero-order valence-electron chi connectivity index (χ0n) is 14.3. The van der Waals surface area contributed by atoms with E-state index in [1.54, 1.807) is 24.3 Å². The molecule has 2 aromatic rings. The number of benzene rings is 2. The lowest BCUT2D eigenvalue weighted by Crippen LogP contribution is -2.36. The summed E-state index contributed by atoms with van der Waals surface area (Å²) in [6.07, 6.45) is 4.67. The fraction of sp³-hybridized carbons (Fsp3) is 0.350. The molecule has 0 unspecified atom stereocenters. The Kier molecular flexibility index (Phi) is 5.81. The molecule has 3 rings (SSSR count). The molecule has 0 aromatic heterocycles. The third kappa shape index (κ3) is 4.18. The van der Waals surface area contributed by atoms with Gasteiger partial charge in [-0.1, -0.05) is 49.6 Å². The molecule has 1 fully saturated rings. The summed E-state index contributed by atoms with van der Waals surface area (Å²) < 4.78 is 42.9. The molecule has 0 heterocycles. The Morgan fingerprint density at radius 3 is 2.38 bits per heavy atom. The maximum atomic E-state index is 14.3. The van der Waals surface area contributed by atoms with E-state index in [9.17, 15) is 18.0 Å². The highest BCUT2D eigenvalue weighted by atomic mass is 19.2. The number of rotatable bonds is 5. The first-order chi connectivity index (χ1) is 12.6. The third-order valence-corrected chi connectivity index (χ3v) is 4.66. The van der Waals surface area contributed by atoms with Crippen LogP contribution < -0.4 is 10.6 Å². The van der Waals surface area contributed by atoms with E-state index in [0.717, 1.165) is 43.7 Å². The van der Waals surface area contributed by atoms with Crippen molar-refractivity contribution in [3.63, 3.8) is 0 Å². The van der Waals surface area contributed by atoms with Crippen LogP contribution in [0, 0.1) is 17.5 Å². The molecule has 6 heteroatoms. The number of carbonyl (C=O) groups is 1. The molecular weight excluding hydrogens is 341 g/mol. The van der Waals surface area contributed by atoms with Gasteiger partial charge in [-0.25, -0.2) is 13.2 Å². The monoisotopic (exact) mass is 362 g/mol. The van der Waals surface area contributed by atoms with E-state index >= 15 is 0 Å². The molecule has 0 spiro atoms. The van der Waals surface area contributed by atoms with Crippen LogP contribution in [0.25, 0.3) is 0 Å². The summed E-state index contributed by atoms with van der Waals surface area (Å²) in [4.78, 5) is 12.2. The van der Waals surface area contributed by atoms with Crippen LogP contribution in [0.2, 0.25) is 0 Å². The van der Waals surface area contributed by atoms with E-state index in [-0.39, 0.29) is 12.6 Å². The summed E-state index contributed by atoms with van der Waals surface area (Å²) in [5.41, 5.74) is -0.373. The zero-order chi connectivity index (χ0) is 18.5. The smallest absolute Gasteiger partial charge is 0.254 e. The first-order valence-corrected chi connectivity index (χ1v) is 8.82. The second-order valence-corrected chi connectivity index (χ2v) is 6.56. The normalized spacial score (nSPS) is 14.9. The van der Waals surface area contributed by atoms with Crippen molar-refractivity contribution in [1.82, 2.24) is 5.32 Å².